The molecule has 0 spiro atoms. The first kappa shape index (κ1) is 10.6. The minimum atomic E-state index is -0.180. The molecular formula is C12H16FNO. The van der Waals surface area contributed by atoms with E-state index in [1.807, 2.05) is 12.1 Å². The van der Waals surface area contributed by atoms with Gasteiger partial charge in [-0.2, -0.15) is 0 Å². The van der Waals surface area contributed by atoms with Crippen molar-refractivity contribution in [3.8, 4) is 0 Å². The molecule has 82 valence electrons. The summed E-state index contributed by atoms with van der Waals surface area (Å²) in [7, 11) is 0. The van der Waals surface area contributed by atoms with Crippen molar-refractivity contribution in [1.82, 2.24) is 5.32 Å². The lowest BCUT2D eigenvalue weighted by atomic mass is 10.0. The molecule has 15 heavy (non-hydrogen) atoms. The molecule has 0 bridgehead atoms. The van der Waals surface area contributed by atoms with E-state index in [0.29, 0.717) is 12.1 Å². The maximum atomic E-state index is 12.8. The fourth-order valence-corrected chi connectivity index (χ4v) is 1.76. The maximum absolute atomic E-state index is 12.8. The van der Waals surface area contributed by atoms with Gasteiger partial charge in [0.25, 0.3) is 0 Å². The molecule has 0 aromatic heterocycles. The van der Waals surface area contributed by atoms with Gasteiger partial charge in [-0.1, -0.05) is 19.1 Å². The van der Waals surface area contributed by atoms with Crippen molar-refractivity contribution in [1.29, 1.82) is 0 Å². The van der Waals surface area contributed by atoms with Gasteiger partial charge in [0.05, 0.1) is 19.3 Å². The summed E-state index contributed by atoms with van der Waals surface area (Å²) in [4.78, 5) is 0. The highest BCUT2D eigenvalue weighted by Gasteiger charge is 2.21. The number of hydrogen-bond donors (Lipinski definition) is 1. The standard InChI is InChI=1S/C12H16FNO/c1-2-12(14-11-7-15-8-11)9-3-5-10(13)6-4-9/h3-6,11-12,14H,2,7-8H2,1H3. The summed E-state index contributed by atoms with van der Waals surface area (Å²) in [6.45, 7) is 3.70. The lowest BCUT2D eigenvalue weighted by molar-refractivity contribution is -0.0103. The van der Waals surface area contributed by atoms with Crippen LogP contribution in [0.3, 0.4) is 0 Å². The molecule has 0 saturated carbocycles. The minimum Gasteiger partial charge on any atom is -0.378 e. The predicted molar refractivity (Wildman–Crippen MR) is 57.2 cm³/mol. The molecule has 1 heterocycles. The quantitative estimate of drug-likeness (QED) is 0.821. The van der Waals surface area contributed by atoms with E-state index in [4.69, 9.17) is 4.74 Å². The second-order valence-corrected chi connectivity index (χ2v) is 3.91. The predicted octanol–water partition coefficient (Wildman–Crippen LogP) is 2.27. The van der Waals surface area contributed by atoms with E-state index in [1.165, 1.54) is 12.1 Å². The molecular weight excluding hydrogens is 193 g/mol. The van der Waals surface area contributed by atoms with Crippen molar-refractivity contribution in [2.45, 2.75) is 25.4 Å². The van der Waals surface area contributed by atoms with E-state index < -0.39 is 0 Å². The van der Waals surface area contributed by atoms with Crippen molar-refractivity contribution in [3.05, 3.63) is 35.6 Å². The molecule has 3 heteroatoms. The van der Waals surface area contributed by atoms with E-state index in [0.717, 1.165) is 25.2 Å². The van der Waals surface area contributed by atoms with Gasteiger partial charge in [0.15, 0.2) is 0 Å². The Labute approximate surface area is 89.4 Å². The van der Waals surface area contributed by atoms with E-state index in [9.17, 15) is 4.39 Å². The Morgan fingerprint density at radius 1 is 1.40 bits per heavy atom. The summed E-state index contributed by atoms with van der Waals surface area (Å²) in [5, 5.41) is 3.49. The molecule has 0 amide bonds. The van der Waals surface area contributed by atoms with Gasteiger partial charge in [-0.05, 0) is 24.1 Å². The third kappa shape index (κ3) is 2.55. The van der Waals surface area contributed by atoms with Crippen molar-refractivity contribution in [3.63, 3.8) is 0 Å². The molecule has 1 aromatic rings. The SMILES string of the molecule is CCC(NC1COC1)c1ccc(F)cc1. The Balaban J connectivity index is 2.01. The third-order valence-corrected chi connectivity index (χ3v) is 2.76. The largest absolute Gasteiger partial charge is 0.378 e. The van der Waals surface area contributed by atoms with Gasteiger partial charge in [0.2, 0.25) is 0 Å². The molecule has 2 nitrogen and oxygen atoms in total. The highest BCUT2D eigenvalue weighted by molar-refractivity contribution is 5.20. The van der Waals surface area contributed by atoms with Crippen LogP contribution in [0.5, 0.6) is 0 Å². The van der Waals surface area contributed by atoms with Crippen LogP contribution < -0.4 is 5.32 Å². The average molecular weight is 209 g/mol. The first-order chi connectivity index (χ1) is 7.29. The van der Waals surface area contributed by atoms with Crippen LogP contribution in [0.25, 0.3) is 0 Å². The van der Waals surface area contributed by atoms with Crippen LogP contribution in [0, 0.1) is 5.82 Å². The smallest absolute Gasteiger partial charge is 0.123 e. The zero-order chi connectivity index (χ0) is 10.7. The number of rotatable bonds is 4. The van der Waals surface area contributed by atoms with Crippen LogP contribution in [0.15, 0.2) is 24.3 Å². The first-order valence-electron chi connectivity index (χ1n) is 5.39. The molecule has 1 atom stereocenters. The van der Waals surface area contributed by atoms with E-state index in [-0.39, 0.29) is 5.82 Å². The molecule has 1 unspecified atom stereocenters. The number of halogens is 1. The van der Waals surface area contributed by atoms with Crippen molar-refractivity contribution in [2.24, 2.45) is 0 Å². The maximum Gasteiger partial charge on any atom is 0.123 e. The lowest BCUT2D eigenvalue weighted by Gasteiger charge is -2.31. The molecule has 0 aliphatic carbocycles. The summed E-state index contributed by atoms with van der Waals surface area (Å²) in [6, 6.07) is 7.47. The van der Waals surface area contributed by atoms with Crippen molar-refractivity contribution >= 4 is 0 Å². The Morgan fingerprint density at radius 3 is 2.53 bits per heavy atom. The molecule has 1 aliphatic heterocycles. The zero-order valence-electron chi connectivity index (χ0n) is 8.87. The second kappa shape index (κ2) is 4.73. The van der Waals surface area contributed by atoms with Gasteiger partial charge in [-0.25, -0.2) is 4.39 Å². The van der Waals surface area contributed by atoms with Gasteiger partial charge in [-0.3, -0.25) is 0 Å². The van der Waals surface area contributed by atoms with Crippen LogP contribution in [0.2, 0.25) is 0 Å². The Bertz CT molecular complexity index is 308. The Hall–Kier alpha value is -0.930. The number of benzene rings is 1. The van der Waals surface area contributed by atoms with Crippen LogP contribution in [0.4, 0.5) is 4.39 Å². The van der Waals surface area contributed by atoms with Crippen LogP contribution in [0.1, 0.15) is 24.9 Å². The molecule has 1 aliphatic rings. The Morgan fingerprint density at radius 2 is 2.07 bits per heavy atom. The van der Waals surface area contributed by atoms with Crippen LogP contribution >= 0.6 is 0 Å². The van der Waals surface area contributed by atoms with Crippen molar-refractivity contribution in [2.75, 3.05) is 13.2 Å². The topological polar surface area (TPSA) is 21.3 Å². The summed E-state index contributed by atoms with van der Waals surface area (Å²) < 4.78 is 17.9. The van der Waals surface area contributed by atoms with Gasteiger partial charge in [-0.15, -0.1) is 0 Å². The monoisotopic (exact) mass is 209 g/mol. The van der Waals surface area contributed by atoms with Gasteiger partial charge in [0.1, 0.15) is 5.82 Å². The highest BCUT2D eigenvalue weighted by atomic mass is 19.1. The fraction of sp³-hybridized carbons (Fsp3) is 0.500. The van der Waals surface area contributed by atoms with E-state index in [2.05, 4.69) is 12.2 Å². The second-order valence-electron chi connectivity index (χ2n) is 3.91. The lowest BCUT2D eigenvalue weighted by Crippen LogP contribution is -2.47. The molecule has 1 aromatic carbocycles. The minimum absolute atomic E-state index is 0.180. The summed E-state index contributed by atoms with van der Waals surface area (Å²) >= 11 is 0. The number of ether oxygens (including phenoxy) is 1. The van der Waals surface area contributed by atoms with Gasteiger partial charge < -0.3 is 10.1 Å². The first-order valence-corrected chi connectivity index (χ1v) is 5.39. The zero-order valence-corrected chi connectivity index (χ0v) is 8.87. The summed E-state index contributed by atoms with van der Waals surface area (Å²) in [6.07, 6.45) is 1.00. The summed E-state index contributed by atoms with van der Waals surface area (Å²) in [5.41, 5.74) is 1.14. The average Bonchev–Trinajstić information content (AvgIpc) is 2.19. The molecule has 1 saturated heterocycles. The third-order valence-electron chi connectivity index (χ3n) is 2.76. The van der Waals surface area contributed by atoms with Crippen LogP contribution in [-0.4, -0.2) is 19.3 Å². The molecule has 0 radical (unpaired) electrons. The molecule has 1 fully saturated rings. The van der Waals surface area contributed by atoms with E-state index >= 15 is 0 Å². The number of hydrogen-bond acceptors (Lipinski definition) is 2. The molecule has 1 N–H and O–H groups in total. The van der Waals surface area contributed by atoms with E-state index in [1.54, 1.807) is 0 Å². The summed E-state index contributed by atoms with van der Waals surface area (Å²) in [5.74, 6) is -0.180. The highest BCUT2D eigenvalue weighted by Crippen LogP contribution is 2.19. The van der Waals surface area contributed by atoms with Crippen molar-refractivity contribution < 1.29 is 9.13 Å². The van der Waals surface area contributed by atoms with Gasteiger partial charge >= 0.3 is 0 Å². The number of nitrogens with one attached hydrogen (secondary N) is 1. The normalized spacial score (nSPS) is 18.5. The molecule has 2 rings (SSSR count). The fourth-order valence-electron chi connectivity index (χ4n) is 1.76. The van der Waals surface area contributed by atoms with Gasteiger partial charge in [0, 0.05) is 6.04 Å². The van der Waals surface area contributed by atoms with Crippen LogP contribution in [-0.2, 0) is 4.74 Å². The Kier molecular flexibility index (Phi) is 3.34.